The molecule has 0 radical (unpaired) electrons. The molecule has 0 atom stereocenters. The second-order valence-electron chi connectivity index (χ2n) is 16.1. The molecule has 2 aliphatic heterocycles. The first-order valence-electron chi connectivity index (χ1n) is 20.3. The van der Waals surface area contributed by atoms with E-state index in [0.29, 0.717) is 60.8 Å². The third-order valence-electron chi connectivity index (χ3n) is 10.7. The summed E-state index contributed by atoms with van der Waals surface area (Å²) in [5.74, 6) is 1.20. The van der Waals surface area contributed by atoms with Gasteiger partial charge in [-0.15, -0.1) is 0 Å². The van der Waals surface area contributed by atoms with Gasteiger partial charge in [0, 0.05) is 24.2 Å². The van der Waals surface area contributed by atoms with Crippen LogP contribution in [-0.4, -0.2) is 77.7 Å². The Morgan fingerprint density at radius 2 is 1.72 bits per heavy atom. The molecule has 1 fully saturated rings. The Morgan fingerprint density at radius 3 is 2.48 bits per heavy atom. The van der Waals surface area contributed by atoms with Crippen molar-refractivity contribution < 1.29 is 28.6 Å². The molecule has 7 rings (SSSR count). The van der Waals surface area contributed by atoms with Gasteiger partial charge in [-0.05, 0) is 150 Å². The van der Waals surface area contributed by atoms with Gasteiger partial charge in [0.2, 0.25) is 0 Å². The molecule has 12 heteroatoms. The van der Waals surface area contributed by atoms with Crippen LogP contribution in [0.25, 0.3) is 21.3 Å². The third-order valence-corrected chi connectivity index (χ3v) is 11.7. The highest BCUT2D eigenvalue weighted by molar-refractivity contribution is 7.22. The van der Waals surface area contributed by atoms with Crippen molar-refractivity contribution in [2.45, 2.75) is 78.9 Å². The summed E-state index contributed by atoms with van der Waals surface area (Å²) in [5.41, 5.74) is 5.53. The number of pyridine rings is 1. The predicted octanol–water partition coefficient (Wildman–Crippen LogP) is 8.87. The number of thiazole rings is 1. The summed E-state index contributed by atoms with van der Waals surface area (Å²) in [5, 5.41) is 3.58. The topological polar surface area (TPSA) is 123 Å². The summed E-state index contributed by atoms with van der Waals surface area (Å²) >= 11 is 1.45. The SMILES string of the molecule is CCOC(=O)CN1CCC(CCCOc2ccc(-c3ccc(N4CCc5cccc(C(=O)Nc6nc7ccccc7s6)c5C4)nc3C(=O)OC(C)(C)C)c(C)c2)CC1. The van der Waals surface area contributed by atoms with Crippen LogP contribution >= 0.6 is 11.3 Å². The van der Waals surface area contributed by atoms with Gasteiger partial charge in [-0.1, -0.05) is 41.7 Å². The van der Waals surface area contributed by atoms with Crippen molar-refractivity contribution in [1.29, 1.82) is 0 Å². The minimum absolute atomic E-state index is 0.144. The number of nitrogens with one attached hydrogen (secondary N) is 1. The van der Waals surface area contributed by atoms with Crippen LogP contribution < -0.4 is 15.0 Å². The largest absolute Gasteiger partial charge is 0.494 e. The van der Waals surface area contributed by atoms with E-state index in [1.807, 2.05) is 101 Å². The molecule has 2 aromatic heterocycles. The summed E-state index contributed by atoms with van der Waals surface area (Å²) < 4.78 is 18.2. The van der Waals surface area contributed by atoms with Crippen LogP contribution in [0, 0.1) is 12.8 Å². The minimum Gasteiger partial charge on any atom is -0.494 e. The van der Waals surface area contributed by atoms with E-state index in [1.54, 1.807) is 0 Å². The molecule has 4 heterocycles. The van der Waals surface area contributed by atoms with Crippen LogP contribution in [0.1, 0.15) is 90.9 Å². The highest BCUT2D eigenvalue weighted by Crippen LogP contribution is 2.34. The second-order valence-corrected chi connectivity index (χ2v) is 17.1. The number of hydrogen-bond acceptors (Lipinski definition) is 11. The number of piperidine rings is 1. The van der Waals surface area contributed by atoms with Gasteiger partial charge < -0.3 is 19.1 Å². The predicted molar refractivity (Wildman–Crippen MR) is 229 cm³/mol. The minimum atomic E-state index is -0.714. The zero-order valence-corrected chi connectivity index (χ0v) is 35.0. The average molecular weight is 804 g/mol. The smallest absolute Gasteiger partial charge is 0.358 e. The van der Waals surface area contributed by atoms with E-state index in [0.717, 1.165) is 83.4 Å². The lowest BCUT2D eigenvalue weighted by atomic mass is 9.92. The van der Waals surface area contributed by atoms with Gasteiger partial charge in [0.15, 0.2) is 10.8 Å². The summed E-state index contributed by atoms with van der Waals surface area (Å²) in [6.07, 6.45) is 4.92. The molecule has 2 aliphatic rings. The van der Waals surface area contributed by atoms with E-state index < -0.39 is 11.6 Å². The Hall–Kier alpha value is -5.33. The zero-order valence-electron chi connectivity index (χ0n) is 34.1. The number of likely N-dealkylation sites (tertiary alicyclic amines) is 1. The fourth-order valence-corrected chi connectivity index (χ4v) is 8.68. The van der Waals surface area contributed by atoms with Gasteiger partial charge in [-0.25, -0.2) is 14.8 Å². The fourth-order valence-electron chi connectivity index (χ4n) is 7.82. The van der Waals surface area contributed by atoms with E-state index in [4.69, 9.17) is 19.2 Å². The number of ether oxygens (including phenoxy) is 3. The summed E-state index contributed by atoms with van der Waals surface area (Å²) in [7, 11) is 0. The Balaban J connectivity index is 1.03. The summed E-state index contributed by atoms with van der Waals surface area (Å²) in [4.78, 5) is 53.2. The number of para-hydroxylation sites is 1. The number of carbonyl (C=O) groups excluding carboxylic acids is 3. The maximum absolute atomic E-state index is 13.8. The number of carbonyl (C=O) groups is 3. The van der Waals surface area contributed by atoms with E-state index in [9.17, 15) is 14.4 Å². The molecule has 1 amide bonds. The monoisotopic (exact) mass is 803 g/mol. The number of esters is 2. The number of aromatic nitrogens is 2. The van der Waals surface area contributed by atoms with Crippen molar-refractivity contribution in [2.75, 3.05) is 49.6 Å². The lowest BCUT2D eigenvalue weighted by molar-refractivity contribution is -0.144. The first kappa shape index (κ1) is 40.9. The van der Waals surface area contributed by atoms with Crippen LogP contribution in [0.15, 0.2) is 72.8 Å². The summed E-state index contributed by atoms with van der Waals surface area (Å²) in [6, 6.07) is 23.5. The van der Waals surface area contributed by atoms with E-state index >= 15 is 0 Å². The van der Waals surface area contributed by atoms with Crippen molar-refractivity contribution in [1.82, 2.24) is 14.9 Å². The normalized spacial score (nSPS) is 14.9. The molecule has 0 unspecified atom stereocenters. The van der Waals surface area contributed by atoms with Crippen molar-refractivity contribution in [2.24, 2.45) is 5.92 Å². The number of amides is 1. The van der Waals surface area contributed by atoms with Gasteiger partial charge >= 0.3 is 11.9 Å². The number of benzene rings is 3. The molecule has 11 nitrogen and oxygen atoms in total. The number of anilines is 2. The number of fused-ring (bicyclic) bond motifs is 2. The maximum Gasteiger partial charge on any atom is 0.358 e. The van der Waals surface area contributed by atoms with Gasteiger partial charge in [-0.2, -0.15) is 0 Å². The van der Waals surface area contributed by atoms with Crippen molar-refractivity contribution >= 4 is 50.3 Å². The Kier molecular flexibility index (Phi) is 12.7. The average Bonchev–Trinajstić information content (AvgIpc) is 3.61. The number of hydrogen-bond donors (Lipinski definition) is 1. The van der Waals surface area contributed by atoms with Gasteiger partial charge in [0.05, 0.1) is 30.0 Å². The van der Waals surface area contributed by atoms with Crippen LogP contribution in [-0.2, 0) is 27.2 Å². The van der Waals surface area contributed by atoms with Gasteiger partial charge in [0.1, 0.15) is 17.2 Å². The molecule has 0 bridgehead atoms. The molecule has 304 valence electrons. The lowest BCUT2D eigenvalue weighted by Crippen LogP contribution is -2.38. The quantitative estimate of drug-likeness (QED) is 0.0913. The first-order valence-corrected chi connectivity index (χ1v) is 21.1. The van der Waals surface area contributed by atoms with Crippen LogP contribution in [0.2, 0.25) is 0 Å². The van der Waals surface area contributed by atoms with Crippen LogP contribution in [0.4, 0.5) is 10.9 Å². The highest BCUT2D eigenvalue weighted by atomic mass is 32.1. The molecule has 58 heavy (non-hydrogen) atoms. The molecular weight excluding hydrogens is 751 g/mol. The molecule has 3 aromatic carbocycles. The molecule has 1 saturated heterocycles. The maximum atomic E-state index is 13.8. The number of nitrogens with zero attached hydrogens (tertiary/aromatic N) is 4. The molecule has 0 saturated carbocycles. The van der Waals surface area contributed by atoms with Crippen molar-refractivity contribution in [3.05, 3.63) is 101 Å². The third kappa shape index (κ3) is 10.0. The van der Waals surface area contributed by atoms with Crippen molar-refractivity contribution in [3.63, 3.8) is 0 Å². The number of aryl methyl sites for hydroxylation is 1. The first-order chi connectivity index (χ1) is 27.9. The Bertz CT molecular complexity index is 2240. The lowest BCUT2D eigenvalue weighted by Gasteiger charge is -2.31. The Morgan fingerprint density at radius 1 is 0.931 bits per heavy atom. The van der Waals surface area contributed by atoms with Gasteiger partial charge in [-0.3, -0.25) is 19.8 Å². The molecule has 1 N–H and O–H groups in total. The van der Waals surface area contributed by atoms with E-state index in [1.165, 1.54) is 11.3 Å². The molecule has 5 aromatic rings. The zero-order chi connectivity index (χ0) is 40.8. The van der Waals surface area contributed by atoms with E-state index in [2.05, 4.69) is 26.2 Å². The molecular formula is C46H53N5O6S. The van der Waals surface area contributed by atoms with Crippen LogP contribution in [0.3, 0.4) is 0 Å². The Labute approximate surface area is 344 Å². The molecule has 0 spiro atoms. The second kappa shape index (κ2) is 18.1. The van der Waals surface area contributed by atoms with Crippen LogP contribution in [0.5, 0.6) is 5.75 Å². The number of rotatable bonds is 13. The van der Waals surface area contributed by atoms with Crippen molar-refractivity contribution in [3.8, 4) is 16.9 Å². The highest BCUT2D eigenvalue weighted by Gasteiger charge is 2.28. The standard InChI is InChI=1S/C46H53N5O6S/c1-6-55-41(52)29-50-23-20-31(21-24-50)11-10-26-56-33-16-17-34(30(2)27-33)35-18-19-40(48-42(35)44(54)57-46(3,4)5)51-25-22-32-12-9-13-36(37(32)28-51)43(53)49-45-47-38-14-7-8-15-39(38)58-45/h7-9,12-19,27,31H,6,10-11,20-26,28-29H2,1-5H3,(H,47,49,53). The van der Waals surface area contributed by atoms with E-state index in [-0.39, 0.29) is 17.6 Å². The van der Waals surface area contributed by atoms with Gasteiger partial charge in [0.25, 0.3) is 5.91 Å². The fraction of sp³-hybridized carbons (Fsp3) is 0.413. The molecule has 0 aliphatic carbocycles. The summed E-state index contributed by atoms with van der Waals surface area (Å²) in [6.45, 7) is 13.8.